The molecule has 0 saturated carbocycles. The number of amides is 1. The molecule has 17 heavy (non-hydrogen) atoms. The van der Waals surface area contributed by atoms with E-state index >= 15 is 0 Å². The highest BCUT2D eigenvalue weighted by atomic mass is 16.5. The second-order valence-corrected chi connectivity index (χ2v) is 5.66. The zero-order chi connectivity index (χ0) is 13.3. The molecule has 0 aliphatic rings. The third-order valence-electron chi connectivity index (χ3n) is 2.05. The smallest absolute Gasteiger partial charge is 0.221 e. The van der Waals surface area contributed by atoms with Crippen molar-refractivity contribution in [1.82, 2.24) is 10.6 Å². The maximum absolute atomic E-state index is 11.4. The predicted octanol–water partition coefficient (Wildman–Crippen LogP) is 1.55. The molecule has 4 nitrogen and oxygen atoms in total. The molecule has 1 amide bonds. The molecule has 4 heteroatoms. The molecule has 0 bridgehead atoms. The zero-order valence-corrected chi connectivity index (χ0v) is 11.9. The summed E-state index contributed by atoms with van der Waals surface area (Å²) < 4.78 is 5.55. The van der Waals surface area contributed by atoms with Crippen LogP contribution in [-0.2, 0) is 9.53 Å². The summed E-state index contributed by atoms with van der Waals surface area (Å²) in [6.45, 7) is 13.2. The van der Waals surface area contributed by atoms with Crippen LogP contribution in [0.2, 0.25) is 0 Å². The Bertz CT molecular complexity index is 210. The molecule has 102 valence electrons. The molecule has 0 saturated heterocycles. The van der Waals surface area contributed by atoms with E-state index in [2.05, 4.69) is 24.5 Å². The Morgan fingerprint density at radius 2 is 1.88 bits per heavy atom. The van der Waals surface area contributed by atoms with Gasteiger partial charge in [0.1, 0.15) is 0 Å². The Kier molecular flexibility index (Phi) is 8.17. The number of hydrogen-bond acceptors (Lipinski definition) is 3. The van der Waals surface area contributed by atoms with E-state index in [1.54, 1.807) is 0 Å². The Balaban J connectivity index is 3.31. The van der Waals surface area contributed by atoms with E-state index in [1.165, 1.54) is 0 Å². The lowest BCUT2D eigenvalue weighted by Gasteiger charge is -2.19. The molecule has 0 atom stereocenters. The van der Waals surface area contributed by atoms with Crippen LogP contribution in [0, 0.1) is 5.92 Å². The van der Waals surface area contributed by atoms with Crippen molar-refractivity contribution in [2.75, 3.05) is 26.2 Å². The molecule has 0 aromatic rings. The van der Waals surface area contributed by atoms with Crippen LogP contribution in [0.3, 0.4) is 0 Å². The Labute approximate surface area is 105 Å². The molecule has 2 N–H and O–H groups in total. The standard InChI is InChI=1S/C13H28N2O2/c1-11(2)10-15-12(16)6-7-14-8-9-17-13(3,4)5/h11,14H,6-10H2,1-5H3,(H,15,16). The normalized spacial score (nSPS) is 11.9. The molecule has 0 spiro atoms. The molecule has 0 aromatic carbocycles. The van der Waals surface area contributed by atoms with Gasteiger partial charge >= 0.3 is 0 Å². The molecule has 0 aliphatic heterocycles. The van der Waals surface area contributed by atoms with Crippen LogP contribution in [0.15, 0.2) is 0 Å². The quantitative estimate of drug-likeness (QED) is 0.637. The third kappa shape index (κ3) is 13.3. The number of carbonyl (C=O) groups is 1. The number of nitrogens with one attached hydrogen (secondary N) is 2. The van der Waals surface area contributed by atoms with Gasteiger partial charge in [-0.2, -0.15) is 0 Å². The first-order valence-corrected chi connectivity index (χ1v) is 6.42. The number of hydrogen-bond donors (Lipinski definition) is 2. The summed E-state index contributed by atoms with van der Waals surface area (Å²) in [6.07, 6.45) is 0.530. The minimum Gasteiger partial charge on any atom is -0.375 e. The fraction of sp³-hybridized carbons (Fsp3) is 0.923. The van der Waals surface area contributed by atoms with E-state index in [9.17, 15) is 4.79 Å². The van der Waals surface area contributed by atoms with Gasteiger partial charge in [-0.3, -0.25) is 4.79 Å². The van der Waals surface area contributed by atoms with Crippen LogP contribution >= 0.6 is 0 Å². The van der Waals surface area contributed by atoms with Crippen LogP contribution in [0.1, 0.15) is 41.0 Å². The fourth-order valence-corrected chi connectivity index (χ4v) is 1.16. The van der Waals surface area contributed by atoms with Crippen LogP contribution in [0.5, 0.6) is 0 Å². The minimum absolute atomic E-state index is 0.0870. The average Bonchev–Trinajstić information content (AvgIpc) is 2.18. The third-order valence-corrected chi connectivity index (χ3v) is 2.05. The van der Waals surface area contributed by atoms with Crippen molar-refractivity contribution in [2.24, 2.45) is 5.92 Å². The zero-order valence-electron chi connectivity index (χ0n) is 11.9. The number of carbonyl (C=O) groups excluding carboxylic acids is 1. The lowest BCUT2D eigenvalue weighted by molar-refractivity contribution is -0.121. The largest absolute Gasteiger partial charge is 0.375 e. The van der Waals surface area contributed by atoms with Gasteiger partial charge in [0, 0.05) is 26.1 Å². The van der Waals surface area contributed by atoms with E-state index < -0.39 is 0 Å². The summed E-state index contributed by atoms with van der Waals surface area (Å²) in [5, 5.41) is 6.08. The second kappa shape index (κ2) is 8.48. The Morgan fingerprint density at radius 3 is 2.41 bits per heavy atom. The fourth-order valence-electron chi connectivity index (χ4n) is 1.16. The van der Waals surface area contributed by atoms with Gasteiger partial charge < -0.3 is 15.4 Å². The second-order valence-electron chi connectivity index (χ2n) is 5.66. The van der Waals surface area contributed by atoms with Crippen LogP contribution in [0.25, 0.3) is 0 Å². The van der Waals surface area contributed by atoms with Gasteiger partial charge in [-0.1, -0.05) is 13.8 Å². The topological polar surface area (TPSA) is 50.4 Å². The predicted molar refractivity (Wildman–Crippen MR) is 71.0 cm³/mol. The molecule has 0 heterocycles. The lowest BCUT2D eigenvalue weighted by atomic mass is 10.2. The summed E-state index contributed by atoms with van der Waals surface area (Å²) in [6, 6.07) is 0. The molecular formula is C13H28N2O2. The van der Waals surface area contributed by atoms with Crippen LogP contribution in [-0.4, -0.2) is 37.7 Å². The lowest BCUT2D eigenvalue weighted by Crippen LogP contribution is -2.32. The average molecular weight is 244 g/mol. The summed E-state index contributed by atoms with van der Waals surface area (Å²) in [7, 11) is 0. The van der Waals surface area contributed by atoms with Gasteiger partial charge in [0.05, 0.1) is 12.2 Å². The first kappa shape index (κ1) is 16.4. The molecule has 0 radical (unpaired) electrons. The first-order chi connectivity index (χ1) is 7.81. The monoisotopic (exact) mass is 244 g/mol. The van der Waals surface area contributed by atoms with E-state index in [0.717, 1.165) is 13.1 Å². The summed E-state index contributed by atoms with van der Waals surface area (Å²) in [5.74, 6) is 0.620. The van der Waals surface area contributed by atoms with Gasteiger partial charge in [0.2, 0.25) is 5.91 Å². The molecule has 0 unspecified atom stereocenters. The minimum atomic E-state index is -0.0870. The van der Waals surface area contributed by atoms with Crippen molar-refractivity contribution in [2.45, 2.75) is 46.6 Å². The summed E-state index contributed by atoms with van der Waals surface area (Å²) >= 11 is 0. The molecule has 0 aliphatic carbocycles. The highest BCUT2D eigenvalue weighted by Crippen LogP contribution is 2.04. The molecule has 0 fully saturated rings. The van der Waals surface area contributed by atoms with Gasteiger partial charge in [0.25, 0.3) is 0 Å². The highest BCUT2D eigenvalue weighted by Gasteiger charge is 2.08. The maximum atomic E-state index is 11.4. The Morgan fingerprint density at radius 1 is 1.24 bits per heavy atom. The van der Waals surface area contributed by atoms with E-state index in [4.69, 9.17) is 4.74 Å². The van der Waals surface area contributed by atoms with E-state index in [0.29, 0.717) is 25.5 Å². The van der Waals surface area contributed by atoms with Crippen molar-refractivity contribution < 1.29 is 9.53 Å². The van der Waals surface area contributed by atoms with Gasteiger partial charge in [0.15, 0.2) is 0 Å². The van der Waals surface area contributed by atoms with Crippen molar-refractivity contribution in [1.29, 1.82) is 0 Å². The number of ether oxygens (including phenoxy) is 1. The molecular weight excluding hydrogens is 216 g/mol. The highest BCUT2D eigenvalue weighted by molar-refractivity contribution is 5.76. The van der Waals surface area contributed by atoms with Crippen molar-refractivity contribution in [3.63, 3.8) is 0 Å². The van der Waals surface area contributed by atoms with Crippen molar-refractivity contribution in [3.05, 3.63) is 0 Å². The van der Waals surface area contributed by atoms with Crippen molar-refractivity contribution >= 4 is 5.91 Å². The maximum Gasteiger partial charge on any atom is 0.221 e. The van der Waals surface area contributed by atoms with Crippen molar-refractivity contribution in [3.8, 4) is 0 Å². The van der Waals surface area contributed by atoms with Crippen LogP contribution < -0.4 is 10.6 Å². The molecule has 0 aromatic heterocycles. The van der Waals surface area contributed by atoms with Gasteiger partial charge in [-0.15, -0.1) is 0 Å². The SMILES string of the molecule is CC(C)CNC(=O)CCNCCOC(C)(C)C. The van der Waals surface area contributed by atoms with Gasteiger partial charge in [-0.05, 0) is 26.7 Å². The van der Waals surface area contributed by atoms with E-state index in [1.807, 2.05) is 20.8 Å². The van der Waals surface area contributed by atoms with Crippen LogP contribution in [0.4, 0.5) is 0 Å². The van der Waals surface area contributed by atoms with E-state index in [-0.39, 0.29) is 11.5 Å². The Hall–Kier alpha value is -0.610. The van der Waals surface area contributed by atoms with Gasteiger partial charge in [-0.25, -0.2) is 0 Å². The molecule has 0 rings (SSSR count). The number of rotatable bonds is 8. The summed E-state index contributed by atoms with van der Waals surface area (Å²) in [4.78, 5) is 11.4. The summed E-state index contributed by atoms with van der Waals surface area (Å²) in [5.41, 5.74) is -0.0870. The first-order valence-electron chi connectivity index (χ1n) is 6.42.